The van der Waals surface area contributed by atoms with Gasteiger partial charge in [-0.05, 0) is 31.0 Å². The lowest BCUT2D eigenvalue weighted by molar-refractivity contribution is -0.274. The maximum Gasteiger partial charge on any atom is 0.573 e. The smallest absolute Gasteiger partial charge is 0.406 e. The number of likely N-dealkylation sites (N-methyl/N-ethyl adjacent to an activating group) is 1. The van der Waals surface area contributed by atoms with Crippen LogP contribution in [0.25, 0.3) is 0 Å². The molecule has 0 aliphatic carbocycles. The zero-order valence-electron chi connectivity index (χ0n) is 14.9. The lowest BCUT2D eigenvalue weighted by atomic mass is 10.1. The van der Waals surface area contributed by atoms with Crippen LogP contribution in [0.5, 0.6) is 5.75 Å². The highest BCUT2D eigenvalue weighted by Gasteiger charge is 2.30. The Bertz CT molecular complexity index is 578. The van der Waals surface area contributed by atoms with Gasteiger partial charge in [0.2, 0.25) is 5.91 Å². The molecule has 1 amide bonds. The minimum atomic E-state index is -4.69. The molecule has 0 heterocycles. The number of rotatable bonds is 7. The molecule has 1 aromatic carbocycles. The molecule has 26 heavy (non-hydrogen) atoms. The summed E-state index contributed by atoms with van der Waals surface area (Å²) in [6.45, 7) is 3.10. The first kappa shape index (κ1) is 24.3. The van der Waals surface area contributed by atoms with Crippen LogP contribution in [-0.4, -0.2) is 56.9 Å². The molecule has 1 aromatic rings. The summed E-state index contributed by atoms with van der Waals surface area (Å²) in [6, 6.07) is 5.69. The number of hydrogen-bond donors (Lipinski definition) is 2. The number of carbonyl (C=O) groups excluding carboxylic acids is 1. The van der Waals surface area contributed by atoms with Crippen LogP contribution in [0.4, 0.5) is 13.2 Å². The van der Waals surface area contributed by atoms with Gasteiger partial charge in [-0.2, -0.15) is 0 Å². The van der Waals surface area contributed by atoms with Crippen molar-refractivity contribution in [3.05, 3.63) is 29.8 Å². The van der Waals surface area contributed by atoms with Crippen LogP contribution in [0.15, 0.2) is 29.3 Å². The second kappa shape index (κ2) is 11.8. The van der Waals surface area contributed by atoms with Gasteiger partial charge >= 0.3 is 6.36 Å². The van der Waals surface area contributed by atoms with Gasteiger partial charge in [0, 0.05) is 27.2 Å². The molecule has 2 N–H and O–H groups in total. The number of halogens is 4. The maximum absolute atomic E-state index is 12.1. The Hall–Kier alpha value is -1.72. The molecule has 0 bridgehead atoms. The molecule has 0 saturated heterocycles. The van der Waals surface area contributed by atoms with Gasteiger partial charge < -0.3 is 20.3 Å². The standard InChI is InChI=1S/C16H23F3N4O2.HI/c1-4-20-15(22-11-14(24)23(2)3)21-10-9-12-5-7-13(8-6-12)25-16(17,18)19;/h5-8H,4,9-11H2,1-3H3,(H2,20,21,22);1H. The summed E-state index contributed by atoms with van der Waals surface area (Å²) >= 11 is 0. The van der Waals surface area contributed by atoms with Crippen molar-refractivity contribution in [1.29, 1.82) is 0 Å². The van der Waals surface area contributed by atoms with E-state index in [0.29, 0.717) is 25.5 Å². The number of carbonyl (C=O) groups is 1. The maximum atomic E-state index is 12.1. The topological polar surface area (TPSA) is 66.0 Å². The number of nitrogens with zero attached hydrogens (tertiary/aromatic N) is 2. The third-order valence-electron chi connectivity index (χ3n) is 3.08. The molecule has 6 nitrogen and oxygen atoms in total. The van der Waals surface area contributed by atoms with E-state index < -0.39 is 6.36 Å². The zero-order chi connectivity index (χ0) is 18.9. The van der Waals surface area contributed by atoms with Crippen LogP contribution in [0, 0.1) is 0 Å². The number of nitrogens with one attached hydrogen (secondary N) is 2. The second-order valence-electron chi connectivity index (χ2n) is 5.35. The van der Waals surface area contributed by atoms with Crippen molar-refractivity contribution in [1.82, 2.24) is 15.5 Å². The van der Waals surface area contributed by atoms with E-state index in [1.807, 2.05) is 6.92 Å². The van der Waals surface area contributed by atoms with E-state index in [1.54, 1.807) is 26.2 Å². The Labute approximate surface area is 168 Å². The first-order valence-corrected chi connectivity index (χ1v) is 7.78. The van der Waals surface area contributed by atoms with E-state index in [2.05, 4.69) is 20.4 Å². The molecule has 0 aliphatic rings. The Morgan fingerprint density at radius 1 is 1.19 bits per heavy atom. The third kappa shape index (κ3) is 10.3. The second-order valence-corrected chi connectivity index (χ2v) is 5.35. The summed E-state index contributed by atoms with van der Waals surface area (Å²) in [7, 11) is 3.31. The third-order valence-corrected chi connectivity index (χ3v) is 3.08. The monoisotopic (exact) mass is 488 g/mol. The van der Waals surface area contributed by atoms with E-state index in [1.165, 1.54) is 17.0 Å². The molecular weight excluding hydrogens is 464 g/mol. The van der Waals surface area contributed by atoms with Gasteiger partial charge in [-0.1, -0.05) is 12.1 Å². The van der Waals surface area contributed by atoms with Gasteiger partial charge in [-0.15, -0.1) is 37.1 Å². The van der Waals surface area contributed by atoms with Gasteiger partial charge in [-0.3, -0.25) is 4.79 Å². The average molecular weight is 488 g/mol. The van der Waals surface area contributed by atoms with Crippen molar-refractivity contribution < 1.29 is 22.7 Å². The first-order chi connectivity index (χ1) is 11.7. The van der Waals surface area contributed by atoms with Crippen molar-refractivity contribution in [2.75, 3.05) is 33.7 Å². The Kier molecular flexibility index (Phi) is 11.0. The summed E-state index contributed by atoms with van der Waals surface area (Å²) in [5.41, 5.74) is 0.849. The van der Waals surface area contributed by atoms with Crippen LogP contribution in [-0.2, 0) is 11.2 Å². The Balaban J connectivity index is 0.00000625. The van der Waals surface area contributed by atoms with Gasteiger partial charge in [-0.25, -0.2) is 4.99 Å². The van der Waals surface area contributed by atoms with Crippen LogP contribution in [0.1, 0.15) is 12.5 Å². The summed E-state index contributed by atoms with van der Waals surface area (Å²) in [5, 5.41) is 6.09. The molecular formula is C16H24F3IN4O2. The van der Waals surface area contributed by atoms with E-state index in [0.717, 1.165) is 5.56 Å². The lowest BCUT2D eigenvalue weighted by Crippen LogP contribution is -2.39. The first-order valence-electron chi connectivity index (χ1n) is 7.78. The van der Waals surface area contributed by atoms with E-state index in [-0.39, 0.29) is 42.2 Å². The van der Waals surface area contributed by atoms with Crippen molar-refractivity contribution >= 4 is 35.8 Å². The van der Waals surface area contributed by atoms with Gasteiger partial charge in [0.15, 0.2) is 5.96 Å². The quantitative estimate of drug-likeness (QED) is 0.352. The fraction of sp³-hybridized carbons (Fsp3) is 0.500. The molecule has 0 aliphatic heterocycles. The lowest BCUT2D eigenvalue weighted by Gasteiger charge is -2.13. The largest absolute Gasteiger partial charge is 0.573 e. The predicted octanol–water partition coefficient (Wildman–Crippen LogP) is 2.39. The highest BCUT2D eigenvalue weighted by molar-refractivity contribution is 14.0. The van der Waals surface area contributed by atoms with E-state index in [4.69, 9.17) is 0 Å². The summed E-state index contributed by atoms with van der Waals surface area (Å²) < 4.78 is 40.1. The molecule has 0 saturated carbocycles. The number of benzene rings is 1. The summed E-state index contributed by atoms with van der Waals surface area (Å²) in [5.74, 6) is 0.147. The van der Waals surface area contributed by atoms with Crippen LogP contribution < -0.4 is 15.4 Å². The Morgan fingerprint density at radius 2 is 1.81 bits per heavy atom. The summed E-state index contributed by atoms with van der Waals surface area (Å²) in [6.07, 6.45) is -4.11. The number of alkyl halides is 3. The fourth-order valence-electron chi connectivity index (χ4n) is 1.81. The van der Waals surface area contributed by atoms with Crippen molar-refractivity contribution in [3.63, 3.8) is 0 Å². The van der Waals surface area contributed by atoms with E-state index >= 15 is 0 Å². The molecule has 0 radical (unpaired) electrons. The van der Waals surface area contributed by atoms with Crippen LogP contribution in [0.2, 0.25) is 0 Å². The minimum absolute atomic E-state index is 0. The fourth-order valence-corrected chi connectivity index (χ4v) is 1.81. The average Bonchev–Trinajstić information content (AvgIpc) is 2.52. The van der Waals surface area contributed by atoms with Gasteiger partial charge in [0.25, 0.3) is 0 Å². The van der Waals surface area contributed by atoms with Crippen molar-refractivity contribution in [3.8, 4) is 5.75 Å². The predicted molar refractivity (Wildman–Crippen MR) is 105 cm³/mol. The highest BCUT2D eigenvalue weighted by Crippen LogP contribution is 2.22. The molecule has 1 rings (SSSR count). The minimum Gasteiger partial charge on any atom is -0.406 e. The van der Waals surface area contributed by atoms with Crippen LogP contribution in [0.3, 0.4) is 0 Å². The number of ether oxygens (including phenoxy) is 1. The molecule has 0 aromatic heterocycles. The van der Waals surface area contributed by atoms with Crippen molar-refractivity contribution in [2.24, 2.45) is 4.99 Å². The number of amides is 1. The van der Waals surface area contributed by atoms with Crippen molar-refractivity contribution in [2.45, 2.75) is 19.7 Å². The highest BCUT2D eigenvalue weighted by atomic mass is 127. The number of hydrogen-bond acceptors (Lipinski definition) is 3. The molecule has 0 atom stereocenters. The van der Waals surface area contributed by atoms with Gasteiger partial charge in [0.05, 0.1) is 0 Å². The SMILES string of the molecule is CCNC(=NCC(=O)N(C)C)NCCc1ccc(OC(F)(F)F)cc1.I. The molecule has 10 heteroatoms. The molecule has 0 spiro atoms. The molecule has 0 fully saturated rings. The summed E-state index contributed by atoms with van der Waals surface area (Å²) in [4.78, 5) is 17.2. The zero-order valence-corrected chi connectivity index (χ0v) is 17.2. The van der Waals surface area contributed by atoms with Gasteiger partial charge in [0.1, 0.15) is 12.3 Å². The number of guanidine groups is 1. The van der Waals surface area contributed by atoms with E-state index in [9.17, 15) is 18.0 Å². The Morgan fingerprint density at radius 3 is 2.31 bits per heavy atom. The number of aliphatic imine (C=N–C) groups is 1. The molecule has 148 valence electrons. The molecule has 0 unspecified atom stereocenters. The van der Waals surface area contributed by atoms with Crippen LogP contribution >= 0.6 is 24.0 Å². The normalized spacial score (nSPS) is 11.4.